The summed E-state index contributed by atoms with van der Waals surface area (Å²) in [6, 6.07) is 15.5. The number of aromatic nitrogens is 1. The molecule has 0 saturated heterocycles. The molecule has 0 unspecified atom stereocenters. The van der Waals surface area contributed by atoms with E-state index in [1.807, 2.05) is 30.5 Å². The van der Waals surface area contributed by atoms with E-state index in [0.717, 1.165) is 11.1 Å². The van der Waals surface area contributed by atoms with E-state index < -0.39 is 0 Å². The molecular weight excluding hydrogens is 282 g/mol. The van der Waals surface area contributed by atoms with Gasteiger partial charge in [-0.25, -0.2) is 0 Å². The van der Waals surface area contributed by atoms with Crippen LogP contribution in [0.1, 0.15) is 11.1 Å². The second-order valence-corrected chi connectivity index (χ2v) is 5.08. The smallest absolute Gasteiger partial charge is 0.0992 e. The SMILES string of the molecule is N#Cc1ccc(NCc2cccc3cnccc23)c(Cl)c1. The fraction of sp³-hybridized carbons (Fsp3) is 0.0588. The molecule has 3 rings (SSSR count). The van der Waals surface area contributed by atoms with Gasteiger partial charge in [-0.3, -0.25) is 4.98 Å². The molecule has 0 aliphatic rings. The second-order valence-electron chi connectivity index (χ2n) is 4.67. The lowest BCUT2D eigenvalue weighted by Gasteiger charge is -2.10. The second kappa shape index (κ2) is 5.82. The summed E-state index contributed by atoms with van der Waals surface area (Å²) in [6.45, 7) is 0.660. The first-order valence-electron chi connectivity index (χ1n) is 6.53. The minimum absolute atomic E-state index is 0.552. The van der Waals surface area contributed by atoms with E-state index >= 15 is 0 Å². The van der Waals surface area contributed by atoms with Crippen LogP contribution in [-0.2, 0) is 6.54 Å². The topological polar surface area (TPSA) is 48.7 Å². The van der Waals surface area contributed by atoms with Gasteiger partial charge >= 0.3 is 0 Å². The summed E-state index contributed by atoms with van der Waals surface area (Å²) >= 11 is 6.17. The van der Waals surface area contributed by atoms with Crippen molar-refractivity contribution in [2.45, 2.75) is 6.54 Å². The van der Waals surface area contributed by atoms with Crippen molar-refractivity contribution in [1.82, 2.24) is 4.98 Å². The van der Waals surface area contributed by atoms with Crippen LogP contribution in [0.2, 0.25) is 5.02 Å². The summed E-state index contributed by atoms with van der Waals surface area (Å²) in [5.41, 5.74) is 2.55. The fourth-order valence-electron chi connectivity index (χ4n) is 2.26. The molecule has 0 atom stereocenters. The summed E-state index contributed by atoms with van der Waals surface area (Å²) in [6.07, 6.45) is 3.65. The number of nitrogens with zero attached hydrogens (tertiary/aromatic N) is 2. The Morgan fingerprint density at radius 1 is 1.19 bits per heavy atom. The first-order chi connectivity index (χ1) is 10.3. The highest BCUT2D eigenvalue weighted by molar-refractivity contribution is 6.33. The number of pyridine rings is 1. The van der Waals surface area contributed by atoms with Gasteiger partial charge in [0.25, 0.3) is 0 Å². The highest BCUT2D eigenvalue weighted by Crippen LogP contribution is 2.24. The Labute approximate surface area is 127 Å². The van der Waals surface area contributed by atoms with Gasteiger partial charge in [0.15, 0.2) is 0 Å². The van der Waals surface area contributed by atoms with Gasteiger partial charge < -0.3 is 5.32 Å². The lowest BCUT2D eigenvalue weighted by atomic mass is 10.1. The summed E-state index contributed by atoms with van der Waals surface area (Å²) in [5, 5.41) is 15.0. The largest absolute Gasteiger partial charge is 0.380 e. The van der Waals surface area contributed by atoms with Gasteiger partial charge in [0, 0.05) is 24.3 Å². The zero-order valence-electron chi connectivity index (χ0n) is 11.2. The van der Waals surface area contributed by atoms with Crippen molar-refractivity contribution in [3.63, 3.8) is 0 Å². The number of hydrogen-bond acceptors (Lipinski definition) is 3. The first-order valence-corrected chi connectivity index (χ1v) is 6.91. The molecule has 3 aromatic rings. The van der Waals surface area contributed by atoms with Crippen LogP contribution in [0.25, 0.3) is 10.8 Å². The molecule has 0 aliphatic carbocycles. The summed E-state index contributed by atoms with van der Waals surface area (Å²) in [5.74, 6) is 0. The lowest BCUT2D eigenvalue weighted by Crippen LogP contribution is -2.01. The molecule has 2 aromatic carbocycles. The van der Waals surface area contributed by atoms with Crippen molar-refractivity contribution in [2.24, 2.45) is 0 Å². The summed E-state index contributed by atoms with van der Waals surface area (Å²) in [4.78, 5) is 4.13. The molecule has 0 amide bonds. The van der Waals surface area contributed by atoms with Crippen molar-refractivity contribution in [1.29, 1.82) is 5.26 Å². The number of benzene rings is 2. The Morgan fingerprint density at radius 2 is 2.10 bits per heavy atom. The molecule has 0 fully saturated rings. The molecule has 21 heavy (non-hydrogen) atoms. The third-order valence-electron chi connectivity index (χ3n) is 3.34. The van der Waals surface area contributed by atoms with Crippen LogP contribution in [0.5, 0.6) is 0 Å². The van der Waals surface area contributed by atoms with E-state index in [4.69, 9.17) is 16.9 Å². The zero-order valence-corrected chi connectivity index (χ0v) is 11.9. The minimum atomic E-state index is 0.552. The first kappa shape index (κ1) is 13.4. The Bertz CT molecular complexity index is 832. The van der Waals surface area contributed by atoms with Gasteiger partial charge in [-0.05, 0) is 35.2 Å². The molecule has 1 aromatic heterocycles. The van der Waals surface area contributed by atoms with Crippen LogP contribution in [0, 0.1) is 11.3 Å². The van der Waals surface area contributed by atoms with Gasteiger partial charge in [-0.2, -0.15) is 5.26 Å². The molecule has 0 spiro atoms. The van der Waals surface area contributed by atoms with E-state index in [1.165, 1.54) is 10.9 Å². The van der Waals surface area contributed by atoms with Crippen LogP contribution in [0.15, 0.2) is 54.9 Å². The van der Waals surface area contributed by atoms with Gasteiger partial charge in [-0.15, -0.1) is 0 Å². The maximum Gasteiger partial charge on any atom is 0.0992 e. The number of hydrogen-bond donors (Lipinski definition) is 1. The molecule has 1 heterocycles. The van der Waals surface area contributed by atoms with Crippen LogP contribution < -0.4 is 5.32 Å². The Kier molecular flexibility index (Phi) is 3.72. The fourth-order valence-corrected chi connectivity index (χ4v) is 2.51. The average Bonchev–Trinajstić information content (AvgIpc) is 2.53. The summed E-state index contributed by atoms with van der Waals surface area (Å²) in [7, 11) is 0. The highest BCUT2D eigenvalue weighted by Gasteiger charge is 2.04. The monoisotopic (exact) mass is 293 g/mol. The van der Waals surface area contributed by atoms with Crippen molar-refractivity contribution in [2.75, 3.05) is 5.32 Å². The predicted molar refractivity (Wildman–Crippen MR) is 85.2 cm³/mol. The molecule has 0 radical (unpaired) electrons. The predicted octanol–water partition coefficient (Wildman–Crippen LogP) is 4.37. The maximum atomic E-state index is 8.84. The molecular formula is C17H12ClN3. The van der Waals surface area contributed by atoms with Crippen LogP contribution >= 0.6 is 11.6 Å². The molecule has 0 saturated carbocycles. The van der Waals surface area contributed by atoms with Gasteiger partial charge in [-0.1, -0.05) is 29.8 Å². The van der Waals surface area contributed by atoms with Crippen molar-refractivity contribution in [3.05, 3.63) is 71.0 Å². The number of nitrogens with one attached hydrogen (secondary N) is 1. The van der Waals surface area contributed by atoms with E-state index in [1.54, 1.807) is 18.3 Å². The molecule has 4 heteroatoms. The standard InChI is InChI=1S/C17H12ClN3/c18-16-8-12(9-19)4-5-17(16)21-11-14-3-1-2-13-10-20-7-6-15(13)14/h1-8,10,21H,11H2. The number of rotatable bonds is 3. The van der Waals surface area contributed by atoms with Crippen molar-refractivity contribution < 1.29 is 0 Å². The van der Waals surface area contributed by atoms with E-state index in [-0.39, 0.29) is 0 Å². The number of fused-ring (bicyclic) bond motifs is 1. The van der Waals surface area contributed by atoms with Crippen molar-refractivity contribution >= 4 is 28.1 Å². The highest BCUT2D eigenvalue weighted by atomic mass is 35.5. The quantitative estimate of drug-likeness (QED) is 0.780. The normalized spacial score (nSPS) is 10.3. The molecule has 3 nitrogen and oxygen atoms in total. The Hall–Kier alpha value is -2.57. The van der Waals surface area contributed by atoms with E-state index in [2.05, 4.69) is 22.4 Å². The average molecular weight is 294 g/mol. The lowest BCUT2D eigenvalue weighted by molar-refractivity contribution is 1.16. The van der Waals surface area contributed by atoms with Gasteiger partial charge in [0.05, 0.1) is 22.3 Å². The van der Waals surface area contributed by atoms with E-state index in [0.29, 0.717) is 17.1 Å². The zero-order chi connectivity index (χ0) is 14.7. The van der Waals surface area contributed by atoms with Gasteiger partial charge in [0.1, 0.15) is 0 Å². The number of halogens is 1. The molecule has 0 bridgehead atoms. The number of nitriles is 1. The third kappa shape index (κ3) is 2.81. The molecule has 102 valence electrons. The van der Waals surface area contributed by atoms with E-state index in [9.17, 15) is 0 Å². The molecule has 1 N–H and O–H groups in total. The van der Waals surface area contributed by atoms with Gasteiger partial charge in [0.2, 0.25) is 0 Å². The molecule has 0 aliphatic heterocycles. The minimum Gasteiger partial charge on any atom is -0.380 e. The van der Waals surface area contributed by atoms with Crippen molar-refractivity contribution in [3.8, 4) is 6.07 Å². The van der Waals surface area contributed by atoms with Crippen LogP contribution in [0.3, 0.4) is 0 Å². The maximum absolute atomic E-state index is 8.84. The number of anilines is 1. The Morgan fingerprint density at radius 3 is 2.90 bits per heavy atom. The third-order valence-corrected chi connectivity index (χ3v) is 3.65. The van der Waals surface area contributed by atoms with Crippen LogP contribution in [0.4, 0.5) is 5.69 Å². The van der Waals surface area contributed by atoms with Crippen LogP contribution in [-0.4, -0.2) is 4.98 Å². The summed E-state index contributed by atoms with van der Waals surface area (Å²) < 4.78 is 0. The Balaban J connectivity index is 1.86.